The zero-order chi connectivity index (χ0) is 22.5. The summed E-state index contributed by atoms with van der Waals surface area (Å²) in [6.07, 6.45) is 16.5. The predicted molar refractivity (Wildman–Crippen MR) is 156 cm³/mol. The van der Waals surface area contributed by atoms with Gasteiger partial charge in [-0.1, -0.05) is 81.5 Å². The summed E-state index contributed by atoms with van der Waals surface area (Å²) in [4.78, 5) is 0. The third kappa shape index (κ3) is 7.68. The minimum absolute atomic E-state index is 0.421. The van der Waals surface area contributed by atoms with Gasteiger partial charge in [-0.15, -0.1) is 52.6 Å². The van der Waals surface area contributed by atoms with E-state index in [0.717, 1.165) is 0 Å². The molecule has 0 radical (unpaired) electrons. The molecule has 1 aromatic rings. The summed E-state index contributed by atoms with van der Waals surface area (Å²) in [5, 5.41) is 6.34. The maximum atomic E-state index is 4.04. The average Bonchev–Trinajstić information content (AvgIpc) is 2.78. The number of hydrogen-bond donors (Lipinski definition) is 0. The van der Waals surface area contributed by atoms with Gasteiger partial charge in [-0.3, -0.25) is 0 Å². The van der Waals surface area contributed by atoms with Crippen LogP contribution >= 0.6 is 0 Å². The second-order valence-electron chi connectivity index (χ2n) is 7.75. The van der Waals surface area contributed by atoms with Crippen LogP contribution < -0.4 is 20.7 Å². The van der Waals surface area contributed by atoms with Crippen molar-refractivity contribution in [2.24, 2.45) is 0 Å². The Balaban J connectivity index is 3.59. The maximum Gasteiger partial charge on any atom is 0.0661 e. The highest BCUT2D eigenvalue weighted by molar-refractivity contribution is 6.74. The molecule has 0 amide bonds. The number of allylic oxidation sites excluding steroid dienone is 8. The van der Waals surface area contributed by atoms with Gasteiger partial charge in [-0.05, 0) is 22.2 Å². The van der Waals surface area contributed by atoms with Crippen LogP contribution in [0.1, 0.15) is 0 Å². The fraction of sp³-hybridized carbons (Fsp3) is 0.154. The molecule has 0 aliphatic rings. The van der Waals surface area contributed by atoms with Crippen LogP contribution in [0.25, 0.3) is 0 Å². The molecule has 0 aromatic heterocycles. The van der Waals surface area contributed by atoms with Crippen LogP contribution in [0.5, 0.6) is 0 Å². The van der Waals surface area contributed by atoms with Crippen molar-refractivity contribution in [2.75, 3.05) is 0 Å². The molecule has 0 aliphatic heterocycles. The first-order chi connectivity index (χ1) is 14.5. The molecule has 0 fully saturated rings. The largest absolute Gasteiger partial charge is 0.103 e. The predicted octanol–water partition coefficient (Wildman–Crippen LogP) is 1.50. The molecule has 0 aliphatic carbocycles. The Hall–Kier alpha value is -1.99. The Morgan fingerprint density at radius 1 is 0.400 bits per heavy atom. The molecule has 0 saturated heterocycles. The normalized spacial score (nSPS) is 12.4. The van der Waals surface area contributed by atoms with E-state index in [1.54, 1.807) is 20.7 Å². The van der Waals surface area contributed by atoms with Crippen molar-refractivity contribution in [3.05, 3.63) is 113 Å². The molecular formula is C26H38Si4. The highest BCUT2D eigenvalue weighted by atomic mass is 28.2. The van der Waals surface area contributed by atoms with Crippen molar-refractivity contribution in [2.45, 2.75) is 22.2 Å². The molecular weight excluding hydrogens is 425 g/mol. The van der Waals surface area contributed by atoms with Gasteiger partial charge < -0.3 is 0 Å². The topological polar surface area (TPSA) is 0 Å². The number of hydrogen-bond acceptors (Lipinski definition) is 0. The summed E-state index contributed by atoms with van der Waals surface area (Å²) in [6, 6.07) is 5.10. The summed E-state index contributed by atoms with van der Waals surface area (Å²) < 4.78 is 0. The lowest BCUT2D eigenvalue weighted by atomic mass is 10.3. The minimum Gasteiger partial charge on any atom is -0.103 e. The standard InChI is InChI=1S/C26H38Si4/c1-9-19(10-2)27-23-17-25(29-21(13-5)14-6)26(30-22(15-7)16-8)18-24(23)28-20(11-3)12-4/h9-22H,1-8,27-30H2. The SMILES string of the molecule is C=CC(C=C)[SiH2]c1cc([SiH2]C(C=C)C=C)c([SiH2]C(C=C)C=C)cc1[SiH2]C(C=C)C=C. The van der Waals surface area contributed by atoms with E-state index in [2.05, 4.69) is 113 Å². The second kappa shape index (κ2) is 14.1. The Morgan fingerprint density at radius 3 is 0.700 bits per heavy atom. The van der Waals surface area contributed by atoms with Crippen molar-refractivity contribution in [3.63, 3.8) is 0 Å². The summed E-state index contributed by atoms with van der Waals surface area (Å²) in [5.41, 5.74) is 1.69. The molecule has 0 saturated carbocycles. The van der Waals surface area contributed by atoms with Gasteiger partial charge in [0.25, 0.3) is 0 Å². The van der Waals surface area contributed by atoms with Crippen LogP contribution in [-0.4, -0.2) is 38.1 Å². The first kappa shape index (κ1) is 26.0. The lowest BCUT2D eigenvalue weighted by Gasteiger charge is -2.21. The van der Waals surface area contributed by atoms with Gasteiger partial charge in [-0.2, -0.15) is 0 Å². The van der Waals surface area contributed by atoms with E-state index < -0.39 is 38.1 Å². The Morgan fingerprint density at radius 2 is 0.567 bits per heavy atom. The molecule has 0 bridgehead atoms. The van der Waals surface area contributed by atoms with Crippen LogP contribution in [0.15, 0.2) is 113 Å². The zero-order valence-corrected chi connectivity index (χ0v) is 24.2. The lowest BCUT2D eigenvalue weighted by Crippen LogP contribution is -2.49. The van der Waals surface area contributed by atoms with Crippen molar-refractivity contribution < 1.29 is 0 Å². The van der Waals surface area contributed by atoms with Crippen molar-refractivity contribution in [1.82, 2.24) is 0 Å². The molecule has 0 N–H and O–H groups in total. The third-order valence-electron chi connectivity index (χ3n) is 5.77. The average molecular weight is 463 g/mol. The Labute approximate surface area is 194 Å². The van der Waals surface area contributed by atoms with Gasteiger partial charge in [-0.25, -0.2) is 0 Å². The summed E-state index contributed by atoms with van der Waals surface area (Å²) in [5.74, 6) is 0. The van der Waals surface area contributed by atoms with Crippen molar-refractivity contribution in [1.29, 1.82) is 0 Å². The molecule has 1 aromatic carbocycles. The van der Waals surface area contributed by atoms with Crippen LogP contribution in [0.2, 0.25) is 22.2 Å². The maximum absolute atomic E-state index is 4.04. The highest BCUT2D eigenvalue weighted by Gasteiger charge is 2.17. The monoisotopic (exact) mass is 462 g/mol. The van der Waals surface area contributed by atoms with Crippen LogP contribution in [-0.2, 0) is 0 Å². The van der Waals surface area contributed by atoms with E-state index in [1.807, 2.05) is 0 Å². The second-order valence-corrected chi connectivity index (χ2v) is 16.2. The molecule has 1 rings (SSSR count). The molecule has 158 valence electrons. The van der Waals surface area contributed by atoms with Gasteiger partial charge in [0.1, 0.15) is 0 Å². The first-order valence-electron chi connectivity index (χ1n) is 10.6. The van der Waals surface area contributed by atoms with Gasteiger partial charge >= 0.3 is 0 Å². The van der Waals surface area contributed by atoms with E-state index in [4.69, 9.17) is 0 Å². The van der Waals surface area contributed by atoms with Crippen LogP contribution in [0.4, 0.5) is 0 Å². The third-order valence-corrected chi connectivity index (χ3v) is 15.7. The summed E-state index contributed by atoms with van der Waals surface area (Å²) in [6.45, 7) is 32.3. The van der Waals surface area contributed by atoms with Crippen LogP contribution in [0, 0.1) is 0 Å². The van der Waals surface area contributed by atoms with Gasteiger partial charge in [0.05, 0.1) is 38.1 Å². The Bertz CT molecular complexity index is 643. The van der Waals surface area contributed by atoms with E-state index in [9.17, 15) is 0 Å². The summed E-state index contributed by atoms with van der Waals surface area (Å²) in [7, 11) is -2.12. The zero-order valence-electron chi connectivity index (χ0n) is 18.6. The minimum atomic E-state index is -0.530. The molecule has 4 heteroatoms. The molecule has 0 atom stereocenters. The number of rotatable bonds is 16. The Kier molecular flexibility index (Phi) is 12.2. The molecule has 0 heterocycles. The van der Waals surface area contributed by atoms with Gasteiger partial charge in [0.2, 0.25) is 0 Å². The first-order valence-corrected chi connectivity index (χ1v) is 16.7. The smallest absolute Gasteiger partial charge is 0.0661 e. The number of benzene rings is 1. The molecule has 30 heavy (non-hydrogen) atoms. The fourth-order valence-corrected chi connectivity index (χ4v) is 12.2. The van der Waals surface area contributed by atoms with E-state index >= 15 is 0 Å². The summed E-state index contributed by atoms with van der Waals surface area (Å²) >= 11 is 0. The van der Waals surface area contributed by atoms with Gasteiger partial charge in [0, 0.05) is 0 Å². The van der Waals surface area contributed by atoms with Crippen molar-refractivity contribution in [3.8, 4) is 0 Å². The van der Waals surface area contributed by atoms with Crippen molar-refractivity contribution >= 4 is 58.8 Å². The van der Waals surface area contributed by atoms with E-state index in [1.165, 1.54) is 0 Å². The quantitative estimate of drug-likeness (QED) is 0.258. The fourth-order valence-electron chi connectivity index (χ4n) is 3.62. The lowest BCUT2D eigenvalue weighted by molar-refractivity contribution is 1.37. The molecule has 0 unspecified atom stereocenters. The molecule has 0 spiro atoms. The van der Waals surface area contributed by atoms with Crippen LogP contribution in [0.3, 0.4) is 0 Å². The van der Waals surface area contributed by atoms with E-state index in [-0.39, 0.29) is 0 Å². The van der Waals surface area contributed by atoms with E-state index in [0.29, 0.717) is 22.2 Å². The molecule has 0 nitrogen and oxygen atoms in total. The van der Waals surface area contributed by atoms with Gasteiger partial charge in [0.15, 0.2) is 0 Å². The highest BCUT2D eigenvalue weighted by Crippen LogP contribution is 2.09.